The molecule has 0 spiro atoms. The highest BCUT2D eigenvalue weighted by atomic mass is 32.2. The van der Waals surface area contributed by atoms with Crippen LogP contribution in [-0.4, -0.2) is 56.4 Å². The molecule has 1 N–H and O–H groups in total. The highest BCUT2D eigenvalue weighted by molar-refractivity contribution is 7.91. The molecule has 0 bridgehead atoms. The van der Waals surface area contributed by atoms with Crippen LogP contribution in [0.5, 0.6) is 0 Å². The Morgan fingerprint density at radius 3 is 2.48 bits per heavy atom. The summed E-state index contributed by atoms with van der Waals surface area (Å²) in [5, 5.41) is 3.15. The molecule has 0 radical (unpaired) electrons. The van der Waals surface area contributed by atoms with E-state index in [-0.39, 0.29) is 29.9 Å². The lowest BCUT2D eigenvalue weighted by Gasteiger charge is -2.39. The Morgan fingerprint density at radius 2 is 1.90 bits per heavy atom. The molecule has 6 heteroatoms. The van der Waals surface area contributed by atoms with Crippen LogP contribution in [0.3, 0.4) is 0 Å². The van der Waals surface area contributed by atoms with Crippen molar-refractivity contribution in [3.63, 3.8) is 0 Å². The number of nitrogens with zero attached hydrogens (tertiary/aromatic N) is 1. The standard InChI is InChI=1S/C15H28N2O3S/c1-15(2)6-4-13(5-7-15)17(3)14(18)10-12-11-21(19,20)9-8-16-12/h12-13,16H,4-11H2,1-3H3. The number of nitrogens with one attached hydrogen (secondary N) is 1. The minimum absolute atomic E-state index is 0.0642. The third-order valence-corrected chi connectivity index (χ3v) is 6.71. The van der Waals surface area contributed by atoms with Crippen molar-refractivity contribution >= 4 is 15.7 Å². The molecule has 1 unspecified atom stereocenters. The molecule has 0 aromatic carbocycles. The molecule has 1 saturated carbocycles. The number of sulfone groups is 1. The second kappa shape index (κ2) is 6.24. The fourth-order valence-electron chi connectivity index (χ4n) is 3.33. The maximum atomic E-state index is 12.4. The molecule has 1 saturated heterocycles. The quantitative estimate of drug-likeness (QED) is 0.849. The second-order valence-electron chi connectivity index (χ2n) is 7.37. The van der Waals surface area contributed by atoms with E-state index in [0.29, 0.717) is 18.0 Å². The zero-order chi connectivity index (χ0) is 15.7. The van der Waals surface area contributed by atoms with Crippen LogP contribution in [0.1, 0.15) is 46.0 Å². The van der Waals surface area contributed by atoms with Crippen LogP contribution in [-0.2, 0) is 14.6 Å². The van der Waals surface area contributed by atoms with Crippen LogP contribution in [0.25, 0.3) is 0 Å². The summed E-state index contributed by atoms with van der Waals surface area (Å²) in [7, 11) is -1.11. The fourth-order valence-corrected chi connectivity index (χ4v) is 4.77. The van der Waals surface area contributed by atoms with Crippen molar-refractivity contribution in [3.05, 3.63) is 0 Å². The average molecular weight is 316 g/mol. The van der Waals surface area contributed by atoms with Gasteiger partial charge in [0.1, 0.15) is 0 Å². The summed E-state index contributed by atoms with van der Waals surface area (Å²) in [5.41, 5.74) is 0.388. The molecule has 5 nitrogen and oxygen atoms in total. The molecule has 1 aliphatic carbocycles. The largest absolute Gasteiger partial charge is 0.343 e. The van der Waals surface area contributed by atoms with Gasteiger partial charge in [0.2, 0.25) is 5.91 Å². The van der Waals surface area contributed by atoms with Gasteiger partial charge in [-0.05, 0) is 31.1 Å². The molecule has 0 aromatic heterocycles. The summed E-state index contributed by atoms with van der Waals surface area (Å²) < 4.78 is 23.2. The van der Waals surface area contributed by atoms with Crippen molar-refractivity contribution in [2.45, 2.75) is 58.0 Å². The topological polar surface area (TPSA) is 66.5 Å². The smallest absolute Gasteiger partial charge is 0.224 e. The minimum Gasteiger partial charge on any atom is -0.343 e. The van der Waals surface area contributed by atoms with Crippen molar-refractivity contribution < 1.29 is 13.2 Å². The van der Waals surface area contributed by atoms with Gasteiger partial charge >= 0.3 is 0 Å². The van der Waals surface area contributed by atoms with Gasteiger partial charge in [0.25, 0.3) is 0 Å². The van der Waals surface area contributed by atoms with Crippen molar-refractivity contribution in [1.29, 1.82) is 0 Å². The van der Waals surface area contributed by atoms with E-state index < -0.39 is 9.84 Å². The first kappa shape index (κ1) is 16.7. The number of hydrogen-bond donors (Lipinski definition) is 1. The number of carbonyl (C=O) groups excluding carboxylic acids is 1. The van der Waals surface area contributed by atoms with Gasteiger partial charge in [0, 0.05) is 32.1 Å². The molecule has 1 atom stereocenters. The van der Waals surface area contributed by atoms with Crippen molar-refractivity contribution in [2.24, 2.45) is 5.41 Å². The van der Waals surface area contributed by atoms with E-state index in [1.165, 1.54) is 0 Å². The molecule has 0 aromatic rings. The predicted octanol–water partition coefficient (Wildman–Crippen LogP) is 1.19. The predicted molar refractivity (Wildman–Crippen MR) is 83.9 cm³/mol. The van der Waals surface area contributed by atoms with Crippen LogP contribution in [0.2, 0.25) is 0 Å². The molecule has 1 heterocycles. The zero-order valence-corrected chi connectivity index (χ0v) is 14.2. The van der Waals surface area contributed by atoms with Crippen LogP contribution in [0.15, 0.2) is 0 Å². The Hall–Kier alpha value is -0.620. The lowest BCUT2D eigenvalue weighted by atomic mass is 9.75. The first-order chi connectivity index (χ1) is 9.69. The maximum absolute atomic E-state index is 12.4. The maximum Gasteiger partial charge on any atom is 0.224 e. The van der Waals surface area contributed by atoms with Gasteiger partial charge < -0.3 is 10.2 Å². The van der Waals surface area contributed by atoms with Crippen LogP contribution >= 0.6 is 0 Å². The Kier molecular flexibility index (Phi) is 4.98. The monoisotopic (exact) mass is 316 g/mol. The fraction of sp³-hybridized carbons (Fsp3) is 0.933. The number of rotatable bonds is 3. The number of hydrogen-bond acceptors (Lipinski definition) is 4. The summed E-state index contributed by atoms with van der Waals surface area (Å²) in [6, 6.07) is 0.0875. The first-order valence-electron chi connectivity index (χ1n) is 7.88. The third kappa shape index (κ3) is 4.68. The summed E-state index contributed by atoms with van der Waals surface area (Å²) in [4.78, 5) is 14.2. The highest BCUT2D eigenvalue weighted by Gasteiger charge is 2.32. The average Bonchev–Trinajstić information content (AvgIpc) is 2.36. The summed E-state index contributed by atoms with van der Waals surface area (Å²) in [5.74, 6) is 0.338. The van der Waals surface area contributed by atoms with Gasteiger partial charge in [0.15, 0.2) is 9.84 Å². The van der Waals surface area contributed by atoms with Gasteiger partial charge in [-0.25, -0.2) is 8.42 Å². The van der Waals surface area contributed by atoms with Crippen LogP contribution < -0.4 is 5.32 Å². The number of amides is 1. The summed E-state index contributed by atoms with van der Waals surface area (Å²) in [6.07, 6.45) is 4.67. The van der Waals surface area contributed by atoms with Crippen molar-refractivity contribution in [3.8, 4) is 0 Å². The molecular formula is C15H28N2O3S. The van der Waals surface area contributed by atoms with E-state index in [2.05, 4.69) is 19.2 Å². The molecule has 1 aliphatic heterocycles. The molecule has 2 aliphatic rings. The van der Waals surface area contributed by atoms with Crippen molar-refractivity contribution in [2.75, 3.05) is 25.1 Å². The lowest BCUT2D eigenvalue weighted by molar-refractivity contribution is -0.133. The molecule has 1 amide bonds. The van der Waals surface area contributed by atoms with E-state index >= 15 is 0 Å². The minimum atomic E-state index is -2.98. The van der Waals surface area contributed by atoms with Gasteiger partial charge in [-0.3, -0.25) is 4.79 Å². The molecular weight excluding hydrogens is 288 g/mol. The van der Waals surface area contributed by atoms with E-state index in [0.717, 1.165) is 25.7 Å². The Balaban J connectivity index is 1.85. The third-order valence-electron chi connectivity index (χ3n) is 4.97. The number of carbonyl (C=O) groups is 1. The Labute approximate surface area is 128 Å². The highest BCUT2D eigenvalue weighted by Crippen LogP contribution is 2.36. The van der Waals surface area contributed by atoms with Gasteiger partial charge in [-0.2, -0.15) is 0 Å². The van der Waals surface area contributed by atoms with Crippen LogP contribution in [0, 0.1) is 5.41 Å². The van der Waals surface area contributed by atoms with Gasteiger partial charge in [-0.1, -0.05) is 13.8 Å². The molecule has 21 heavy (non-hydrogen) atoms. The van der Waals surface area contributed by atoms with Gasteiger partial charge in [0.05, 0.1) is 11.5 Å². The SMILES string of the molecule is CN(C(=O)CC1CS(=O)(=O)CCN1)C1CCC(C)(C)CC1. The van der Waals surface area contributed by atoms with E-state index in [9.17, 15) is 13.2 Å². The second-order valence-corrected chi connectivity index (χ2v) is 9.60. The molecule has 122 valence electrons. The van der Waals surface area contributed by atoms with Crippen molar-refractivity contribution in [1.82, 2.24) is 10.2 Å². The van der Waals surface area contributed by atoms with E-state index in [4.69, 9.17) is 0 Å². The molecule has 2 fully saturated rings. The summed E-state index contributed by atoms with van der Waals surface area (Å²) >= 11 is 0. The zero-order valence-electron chi connectivity index (χ0n) is 13.4. The lowest BCUT2D eigenvalue weighted by Crippen LogP contribution is -2.49. The van der Waals surface area contributed by atoms with Gasteiger partial charge in [-0.15, -0.1) is 0 Å². The Morgan fingerprint density at radius 1 is 1.29 bits per heavy atom. The van der Waals surface area contributed by atoms with E-state index in [1.807, 2.05) is 11.9 Å². The summed E-state index contributed by atoms with van der Waals surface area (Å²) in [6.45, 7) is 5.02. The first-order valence-corrected chi connectivity index (χ1v) is 9.70. The Bertz CT molecular complexity index is 477. The van der Waals surface area contributed by atoms with Crippen LogP contribution in [0.4, 0.5) is 0 Å². The molecule has 2 rings (SSSR count). The normalized spacial score (nSPS) is 29.0. The van der Waals surface area contributed by atoms with E-state index in [1.54, 1.807) is 0 Å².